The number of aromatic nitrogens is 1. The first-order valence-corrected chi connectivity index (χ1v) is 22.3. The van der Waals surface area contributed by atoms with Crippen LogP contribution in [0.1, 0.15) is 34.2 Å². The number of anilines is 2. The molecule has 302 valence electrons. The highest BCUT2D eigenvalue weighted by atomic mass is 15.2. The monoisotopic (exact) mass is 816 g/mol. The van der Waals surface area contributed by atoms with E-state index in [1.165, 1.54) is 83.1 Å². The standard InChI is InChI=1S/C62H44N2/c1-2-13-25-50(24-12-1)64-60-29-17-15-27-56(60)57-42-47(34-41-61(57)64)46-32-37-52(38-33-46)63(51-35-30-45(31-36-51)44-18-6-3-7-19-44)53-39-40-55-54-26-14-16-28-58(54)62(59(55)43-53,48-20-8-4-9-21-48)49-22-10-5-11-23-49/h1-12,14-35,37-43,51H,36H2. The molecule has 0 aliphatic heterocycles. The Labute approximate surface area is 374 Å². The molecule has 1 atom stereocenters. The van der Waals surface area contributed by atoms with Crippen LogP contribution in [0.25, 0.3) is 55.3 Å². The molecule has 0 bridgehead atoms. The molecular weight excluding hydrogens is 773 g/mol. The van der Waals surface area contributed by atoms with Crippen molar-refractivity contribution >= 4 is 44.5 Å². The second-order valence-electron chi connectivity index (χ2n) is 16.9. The minimum absolute atomic E-state index is 0.0995. The van der Waals surface area contributed by atoms with E-state index in [4.69, 9.17) is 0 Å². The van der Waals surface area contributed by atoms with Gasteiger partial charge in [0.25, 0.3) is 0 Å². The number of nitrogens with zero attached hydrogens (tertiary/aromatic N) is 2. The molecule has 3 aliphatic rings. The minimum atomic E-state index is -0.485. The third kappa shape index (κ3) is 6.11. The van der Waals surface area contributed by atoms with Gasteiger partial charge in [-0.25, -0.2) is 0 Å². The first-order valence-electron chi connectivity index (χ1n) is 22.3. The van der Waals surface area contributed by atoms with Crippen LogP contribution in [0.15, 0.2) is 255 Å². The van der Waals surface area contributed by atoms with Gasteiger partial charge in [0.15, 0.2) is 0 Å². The van der Waals surface area contributed by atoms with Crippen LogP contribution in [-0.4, -0.2) is 10.6 Å². The van der Waals surface area contributed by atoms with Crippen molar-refractivity contribution in [3.8, 4) is 22.3 Å². The number of rotatable bonds is 8. The first kappa shape index (κ1) is 37.6. The van der Waals surface area contributed by atoms with Crippen molar-refractivity contribution in [1.82, 2.24) is 4.57 Å². The normalized spacial score (nSPS) is 15.7. The van der Waals surface area contributed by atoms with Crippen LogP contribution in [0, 0.1) is 0 Å². The summed E-state index contributed by atoms with van der Waals surface area (Å²) in [4.78, 5) is 2.55. The molecule has 1 unspecified atom stereocenters. The van der Waals surface area contributed by atoms with Crippen LogP contribution in [0.3, 0.4) is 0 Å². The Kier molecular flexibility index (Phi) is 9.18. The molecule has 9 aromatic rings. The van der Waals surface area contributed by atoms with E-state index in [1.807, 2.05) is 12.2 Å². The lowest BCUT2D eigenvalue weighted by Gasteiger charge is -2.36. The summed E-state index contributed by atoms with van der Waals surface area (Å²) in [5.74, 6) is 0. The number of benzene rings is 8. The number of para-hydroxylation sites is 1. The van der Waals surface area contributed by atoms with E-state index >= 15 is 0 Å². The maximum Gasteiger partial charge on any atom is 0.0714 e. The van der Waals surface area contributed by atoms with Crippen molar-refractivity contribution in [1.29, 1.82) is 0 Å². The Balaban J connectivity index is 0.992. The Morgan fingerprint density at radius 3 is 1.94 bits per heavy atom. The van der Waals surface area contributed by atoms with Crippen LogP contribution in [0.2, 0.25) is 0 Å². The van der Waals surface area contributed by atoms with E-state index in [0.717, 1.165) is 17.8 Å². The minimum Gasteiger partial charge on any atom is -0.334 e. The lowest BCUT2D eigenvalue weighted by Crippen LogP contribution is -2.31. The predicted octanol–water partition coefficient (Wildman–Crippen LogP) is 15.5. The molecule has 0 fully saturated rings. The van der Waals surface area contributed by atoms with Gasteiger partial charge < -0.3 is 9.47 Å². The van der Waals surface area contributed by atoms with Gasteiger partial charge in [0, 0.05) is 28.2 Å². The molecular formula is C62H44N2. The van der Waals surface area contributed by atoms with Crippen molar-refractivity contribution in [3.05, 3.63) is 282 Å². The molecule has 12 rings (SSSR count). The van der Waals surface area contributed by atoms with Gasteiger partial charge in [-0.1, -0.05) is 188 Å². The average molecular weight is 817 g/mol. The summed E-state index contributed by atoms with van der Waals surface area (Å²) >= 11 is 0. The van der Waals surface area contributed by atoms with E-state index < -0.39 is 5.41 Å². The molecule has 1 aromatic heterocycles. The van der Waals surface area contributed by atoms with E-state index in [2.05, 4.69) is 252 Å². The molecule has 0 radical (unpaired) electrons. The Bertz CT molecular complexity index is 3390. The highest BCUT2D eigenvalue weighted by molar-refractivity contribution is 6.11. The summed E-state index contributed by atoms with van der Waals surface area (Å²) in [6.45, 7) is 0. The Morgan fingerprint density at radius 1 is 0.516 bits per heavy atom. The van der Waals surface area contributed by atoms with Gasteiger partial charge in [-0.05, 0) is 117 Å². The fourth-order valence-corrected chi connectivity index (χ4v) is 10.6. The third-order valence-electron chi connectivity index (χ3n) is 13.4. The van der Waals surface area contributed by atoms with Crippen molar-refractivity contribution in [3.63, 3.8) is 0 Å². The Hall–Kier alpha value is -8.16. The van der Waals surface area contributed by atoms with Gasteiger partial charge >= 0.3 is 0 Å². The summed E-state index contributed by atoms with van der Waals surface area (Å²) in [5, 5.41) is 2.47. The maximum absolute atomic E-state index is 3.31. The molecule has 3 aliphatic carbocycles. The molecule has 0 spiro atoms. The number of fused-ring (bicyclic) bond motifs is 6. The van der Waals surface area contributed by atoms with Crippen LogP contribution >= 0.6 is 0 Å². The van der Waals surface area contributed by atoms with E-state index in [-0.39, 0.29) is 6.04 Å². The second-order valence-corrected chi connectivity index (χ2v) is 16.9. The van der Waals surface area contributed by atoms with Crippen molar-refractivity contribution in [2.24, 2.45) is 0 Å². The largest absolute Gasteiger partial charge is 0.334 e. The average Bonchev–Trinajstić information content (AvgIpc) is 3.70. The van der Waals surface area contributed by atoms with Gasteiger partial charge in [-0.15, -0.1) is 5.73 Å². The second kappa shape index (κ2) is 15.6. The van der Waals surface area contributed by atoms with Crippen molar-refractivity contribution in [2.45, 2.75) is 17.9 Å². The van der Waals surface area contributed by atoms with Gasteiger partial charge in [-0.2, -0.15) is 0 Å². The predicted molar refractivity (Wildman–Crippen MR) is 269 cm³/mol. The molecule has 8 aromatic carbocycles. The van der Waals surface area contributed by atoms with Gasteiger partial charge in [0.05, 0.1) is 28.2 Å². The SMILES string of the molecule is C1=CC=CC=C(n2c3ccccc3c3cc(-c4ccc(N(c5ccc6c(c5)C(c5ccccc5)(c5ccccc5)c5ccccc5-6)C5C=CC(c6ccccc6)=CC5)cc4)ccc32)C=1. The quantitative estimate of drug-likeness (QED) is 0.139. The molecule has 64 heavy (non-hydrogen) atoms. The van der Waals surface area contributed by atoms with Gasteiger partial charge in [-0.3, -0.25) is 0 Å². The fraction of sp³-hybridized carbons (Fsp3) is 0.0484. The molecule has 1 heterocycles. The third-order valence-corrected chi connectivity index (χ3v) is 13.4. The maximum atomic E-state index is 3.31. The zero-order valence-electron chi connectivity index (χ0n) is 35.4. The van der Waals surface area contributed by atoms with E-state index in [1.54, 1.807) is 0 Å². The highest BCUT2D eigenvalue weighted by Crippen LogP contribution is 2.57. The zero-order chi connectivity index (χ0) is 42.5. The van der Waals surface area contributed by atoms with Crippen LogP contribution in [0.5, 0.6) is 0 Å². The van der Waals surface area contributed by atoms with Crippen LogP contribution in [0.4, 0.5) is 11.4 Å². The topological polar surface area (TPSA) is 8.17 Å². The Morgan fingerprint density at radius 2 is 1.17 bits per heavy atom. The fourth-order valence-electron chi connectivity index (χ4n) is 10.6. The molecule has 0 saturated heterocycles. The van der Waals surface area contributed by atoms with E-state index in [9.17, 15) is 0 Å². The summed E-state index contributed by atoms with van der Waals surface area (Å²) in [5.41, 5.74) is 21.2. The molecule has 2 nitrogen and oxygen atoms in total. The molecule has 2 heteroatoms. The molecule has 0 saturated carbocycles. The zero-order valence-corrected chi connectivity index (χ0v) is 35.4. The summed E-state index contributed by atoms with van der Waals surface area (Å²) in [7, 11) is 0. The van der Waals surface area contributed by atoms with Crippen LogP contribution in [-0.2, 0) is 5.41 Å². The number of allylic oxidation sites excluding steroid dienone is 7. The van der Waals surface area contributed by atoms with Crippen LogP contribution < -0.4 is 4.90 Å². The first-order chi connectivity index (χ1) is 31.8. The summed E-state index contributed by atoms with van der Waals surface area (Å²) in [6, 6.07) is 74.1. The lowest BCUT2D eigenvalue weighted by molar-refractivity contribution is 0.761. The lowest BCUT2D eigenvalue weighted by atomic mass is 9.67. The van der Waals surface area contributed by atoms with Gasteiger partial charge in [0.1, 0.15) is 0 Å². The van der Waals surface area contributed by atoms with E-state index in [0.29, 0.717) is 0 Å². The number of hydrogen-bond acceptors (Lipinski definition) is 1. The molecule has 0 N–H and O–H groups in total. The highest BCUT2D eigenvalue weighted by Gasteiger charge is 2.46. The van der Waals surface area contributed by atoms with Crippen molar-refractivity contribution in [2.75, 3.05) is 4.90 Å². The van der Waals surface area contributed by atoms with Crippen molar-refractivity contribution < 1.29 is 0 Å². The summed E-state index contributed by atoms with van der Waals surface area (Å²) < 4.78 is 2.35. The number of hydrogen-bond donors (Lipinski definition) is 0. The molecule has 0 amide bonds. The summed E-state index contributed by atoms with van der Waals surface area (Å²) in [6.07, 6.45) is 18.3. The van der Waals surface area contributed by atoms with Gasteiger partial charge in [0.2, 0.25) is 0 Å². The smallest absolute Gasteiger partial charge is 0.0714 e.